The van der Waals surface area contributed by atoms with E-state index in [0.29, 0.717) is 30.3 Å². The van der Waals surface area contributed by atoms with E-state index in [-0.39, 0.29) is 23.8 Å². The third kappa shape index (κ3) is 6.22. The summed E-state index contributed by atoms with van der Waals surface area (Å²) in [4.78, 5) is 35.6. The highest BCUT2D eigenvalue weighted by molar-refractivity contribution is 7.13. The second-order valence-corrected chi connectivity index (χ2v) is 10.7. The van der Waals surface area contributed by atoms with E-state index in [9.17, 15) is 9.59 Å². The molecule has 0 radical (unpaired) electrons. The molecule has 0 spiro atoms. The fourth-order valence-corrected chi connectivity index (χ4v) is 5.90. The second-order valence-electron chi connectivity index (χ2n) is 9.86. The van der Waals surface area contributed by atoms with Crippen LogP contribution >= 0.6 is 11.3 Å². The molecule has 2 atom stereocenters. The number of benzene rings is 1. The zero-order valence-corrected chi connectivity index (χ0v) is 22.0. The lowest BCUT2D eigenvalue weighted by Crippen LogP contribution is -2.47. The molecular formula is C27H38N4O3S. The Morgan fingerprint density at radius 2 is 2.00 bits per heavy atom. The van der Waals surface area contributed by atoms with Crippen molar-refractivity contribution < 1.29 is 14.3 Å². The van der Waals surface area contributed by atoms with Crippen LogP contribution in [0, 0.1) is 11.8 Å². The number of carbonyl (C=O) groups is 2. The number of likely N-dealkylation sites (tertiary alicyclic amines) is 2. The molecule has 1 aromatic carbocycles. The van der Waals surface area contributed by atoms with Crippen LogP contribution in [0.3, 0.4) is 0 Å². The Morgan fingerprint density at radius 3 is 2.74 bits per heavy atom. The van der Waals surface area contributed by atoms with Crippen molar-refractivity contribution >= 4 is 28.3 Å². The van der Waals surface area contributed by atoms with Gasteiger partial charge in [-0.05, 0) is 50.8 Å². The van der Waals surface area contributed by atoms with Gasteiger partial charge in [-0.25, -0.2) is 4.98 Å². The molecule has 2 fully saturated rings. The van der Waals surface area contributed by atoms with Crippen molar-refractivity contribution in [3.05, 3.63) is 40.9 Å². The van der Waals surface area contributed by atoms with Gasteiger partial charge in [0.15, 0.2) is 5.13 Å². The fraction of sp³-hybridized carbons (Fsp3) is 0.593. The monoisotopic (exact) mass is 498 g/mol. The van der Waals surface area contributed by atoms with Crippen LogP contribution in [0.5, 0.6) is 5.75 Å². The van der Waals surface area contributed by atoms with Crippen LogP contribution in [-0.2, 0) is 16.1 Å². The molecule has 0 bridgehead atoms. The van der Waals surface area contributed by atoms with Crippen molar-refractivity contribution in [2.45, 2.75) is 65.0 Å². The molecule has 2 saturated heterocycles. The number of nitrogens with zero attached hydrogens (tertiary/aromatic N) is 3. The summed E-state index contributed by atoms with van der Waals surface area (Å²) in [6, 6.07) is 7.38. The van der Waals surface area contributed by atoms with Crippen molar-refractivity contribution in [3.8, 4) is 5.75 Å². The average molecular weight is 499 g/mol. The van der Waals surface area contributed by atoms with E-state index in [4.69, 9.17) is 9.72 Å². The maximum atomic E-state index is 13.6. The van der Waals surface area contributed by atoms with Crippen LogP contribution in [0.25, 0.3) is 0 Å². The van der Waals surface area contributed by atoms with Gasteiger partial charge in [0.25, 0.3) is 0 Å². The summed E-state index contributed by atoms with van der Waals surface area (Å²) in [6.45, 7) is 8.09. The summed E-state index contributed by atoms with van der Waals surface area (Å²) in [5, 5.41) is 5.75. The number of anilines is 1. The number of nitrogens with one attached hydrogen (secondary N) is 1. The Bertz CT molecular complexity index is 1000. The highest BCUT2D eigenvalue weighted by atomic mass is 32.1. The molecule has 2 unspecified atom stereocenters. The van der Waals surface area contributed by atoms with Gasteiger partial charge in [0, 0.05) is 30.5 Å². The molecule has 4 rings (SSSR count). The molecule has 1 N–H and O–H groups in total. The number of carbonyl (C=O) groups excluding carboxylic acids is 2. The van der Waals surface area contributed by atoms with Crippen molar-refractivity contribution in [3.63, 3.8) is 0 Å². The maximum Gasteiger partial charge on any atom is 0.231 e. The third-order valence-electron chi connectivity index (χ3n) is 7.30. The van der Waals surface area contributed by atoms with E-state index in [1.54, 1.807) is 7.11 Å². The first-order chi connectivity index (χ1) is 17.0. The van der Waals surface area contributed by atoms with Gasteiger partial charge >= 0.3 is 0 Å². The van der Waals surface area contributed by atoms with Crippen LogP contribution in [0.4, 0.5) is 5.13 Å². The minimum absolute atomic E-state index is 0.0809. The Hall–Kier alpha value is -2.45. The van der Waals surface area contributed by atoms with Crippen LogP contribution in [0.1, 0.15) is 69.7 Å². The standard InChI is InChI=1S/C27H38N4O3S/c1-4-5-14-31-24(32)11-10-22(25(31)21-8-6-7-9-23(21)34-3)26(33)29-27-28-20(18-35-27)17-30-15-12-19(2)13-16-30/h6-9,18-19,22,25H,4-5,10-17H2,1-3H3,(H,28,29,33). The number of hydrogen-bond acceptors (Lipinski definition) is 6. The molecular weight excluding hydrogens is 460 g/mol. The summed E-state index contributed by atoms with van der Waals surface area (Å²) in [5.74, 6) is 1.16. The minimum Gasteiger partial charge on any atom is -0.496 e. The van der Waals surface area contributed by atoms with Gasteiger partial charge in [-0.3, -0.25) is 14.5 Å². The summed E-state index contributed by atoms with van der Waals surface area (Å²) in [6.07, 6.45) is 5.23. The molecule has 2 aliphatic rings. The average Bonchev–Trinajstić information content (AvgIpc) is 3.30. The molecule has 1 aromatic heterocycles. The highest BCUT2D eigenvalue weighted by Crippen LogP contribution is 2.41. The first-order valence-electron chi connectivity index (χ1n) is 12.9. The number of piperidine rings is 2. The number of amides is 2. The Labute approximate surface area is 212 Å². The Kier molecular flexibility index (Phi) is 8.78. The van der Waals surface area contributed by atoms with E-state index in [2.05, 4.69) is 24.1 Å². The molecule has 2 amide bonds. The zero-order chi connectivity index (χ0) is 24.8. The molecule has 190 valence electrons. The first-order valence-corrected chi connectivity index (χ1v) is 13.8. The van der Waals surface area contributed by atoms with Gasteiger partial charge in [-0.1, -0.05) is 38.5 Å². The number of unbranched alkanes of at least 4 members (excludes halogenated alkanes) is 1. The van der Waals surface area contributed by atoms with Gasteiger partial charge in [-0.2, -0.15) is 0 Å². The number of rotatable bonds is 9. The van der Waals surface area contributed by atoms with Crippen LogP contribution in [-0.4, -0.2) is 53.3 Å². The van der Waals surface area contributed by atoms with Gasteiger partial charge in [0.2, 0.25) is 11.8 Å². The first kappa shape index (κ1) is 25.6. The van der Waals surface area contributed by atoms with E-state index >= 15 is 0 Å². The largest absolute Gasteiger partial charge is 0.496 e. The summed E-state index contributed by atoms with van der Waals surface area (Å²) in [5.41, 5.74) is 1.89. The quantitative estimate of drug-likeness (QED) is 0.521. The minimum atomic E-state index is -0.364. The normalized spacial score (nSPS) is 21.8. The molecule has 0 aliphatic carbocycles. The maximum absolute atomic E-state index is 13.6. The molecule has 2 aromatic rings. The third-order valence-corrected chi connectivity index (χ3v) is 8.10. The van der Waals surface area contributed by atoms with Gasteiger partial charge in [-0.15, -0.1) is 11.3 Å². The van der Waals surface area contributed by atoms with E-state index in [1.807, 2.05) is 34.5 Å². The molecule has 7 nitrogen and oxygen atoms in total. The lowest BCUT2D eigenvalue weighted by atomic mass is 9.83. The lowest BCUT2D eigenvalue weighted by molar-refractivity contribution is -0.142. The molecule has 3 heterocycles. The van der Waals surface area contributed by atoms with Crippen molar-refractivity contribution in [1.82, 2.24) is 14.8 Å². The van der Waals surface area contributed by atoms with Crippen LogP contribution in [0.2, 0.25) is 0 Å². The Morgan fingerprint density at radius 1 is 1.23 bits per heavy atom. The fourth-order valence-electron chi connectivity index (χ4n) is 5.20. The van der Waals surface area contributed by atoms with Gasteiger partial charge in [0.05, 0.1) is 24.8 Å². The van der Waals surface area contributed by atoms with E-state index in [1.165, 1.54) is 24.2 Å². The van der Waals surface area contributed by atoms with E-state index < -0.39 is 0 Å². The number of hydrogen-bond donors (Lipinski definition) is 1. The molecule has 0 saturated carbocycles. The second kappa shape index (κ2) is 12.0. The summed E-state index contributed by atoms with van der Waals surface area (Å²) < 4.78 is 5.63. The lowest BCUT2D eigenvalue weighted by Gasteiger charge is -2.41. The molecule has 2 aliphatic heterocycles. The predicted octanol–water partition coefficient (Wildman–Crippen LogP) is 5.10. The number of ether oxygens (including phenoxy) is 1. The summed E-state index contributed by atoms with van der Waals surface area (Å²) >= 11 is 1.48. The van der Waals surface area contributed by atoms with E-state index in [0.717, 1.165) is 49.7 Å². The number of methoxy groups -OCH3 is 1. The molecule has 8 heteroatoms. The SMILES string of the molecule is CCCCN1C(=O)CCC(C(=O)Nc2nc(CN3CCC(C)CC3)cs2)C1c1ccccc1OC. The van der Waals surface area contributed by atoms with Crippen LogP contribution in [0.15, 0.2) is 29.6 Å². The molecule has 35 heavy (non-hydrogen) atoms. The van der Waals surface area contributed by atoms with Crippen molar-refractivity contribution in [2.75, 3.05) is 32.1 Å². The Balaban J connectivity index is 1.51. The smallest absolute Gasteiger partial charge is 0.231 e. The highest BCUT2D eigenvalue weighted by Gasteiger charge is 2.41. The number of aromatic nitrogens is 1. The van der Waals surface area contributed by atoms with Gasteiger partial charge in [0.1, 0.15) is 5.75 Å². The topological polar surface area (TPSA) is 74.8 Å². The zero-order valence-electron chi connectivity index (χ0n) is 21.2. The van der Waals surface area contributed by atoms with Crippen LogP contribution < -0.4 is 10.1 Å². The summed E-state index contributed by atoms with van der Waals surface area (Å²) in [7, 11) is 1.63. The van der Waals surface area contributed by atoms with Gasteiger partial charge < -0.3 is 15.0 Å². The van der Waals surface area contributed by atoms with Crippen molar-refractivity contribution in [1.29, 1.82) is 0 Å². The van der Waals surface area contributed by atoms with Crippen molar-refractivity contribution in [2.24, 2.45) is 11.8 Å². The predicted molar refractivity (Wildman–Crippen MR) is 139 cm³/mol. The number of para-hydroxylation sites is 1. The number of thiazole rings is 1.